The van der Waals surface area contributed by atoms with Gasteiger partial charge in [-0.15, -0.1) is 4.98 Å². The molecule has 0 bridgehead atoms. The second-order valence-electron chi connectivity index (χ2n) is 5.41. The molecule has 0 spiro atoms. The zero-order valence-corrected chi connectivity index (χ0v) is 13.1. The van der Waals surface area contributed by atoms with E-state index >= 15 is 0 Å². The topological polar surface area (TPSA) is 128 Å². The van der Waals surface area contributed by atoms with Crippen LogP contribution >= 0.6 is 0 Å². The lowest BCUT2D eigenvalue weighted by Crippen LogP contribution is -2.40. The lowest BCUT2D eigenvalue weighted by molar-refractivity contribution is -0.157. The molecule has 1 saturated heterocycles. The second kappa shape index (κ2) is 5.74. The van der Waals surface area contributed by atoms with Gasteiger partial charge >= 0.3 is 29.3 Å². The summed E-state index contributed by atoms with van der Waals surface area (Å²) in [6, 6.07) is -0.207. The highest BCUT2D eigenvalue weighted by atomic mass is 16.7. The van der Waals surface area contributed by atoms with Crippen molar-refractivity contribution >= 4 is 11.9 Å². The minimum atomic E-state index is -0.947. The Labute approximate surface area is 134 Å². The summed E-state index contributed by atoms with van der Waals surface area (Å²) in [5.41, 5.74) is -1.45. The first kappa shape index (κ1) is 16.2. The van der Waals surface area contributed by atoms with Crippen molar-refractivity contribution in [3.05, 3.63) is 21.0 Å². The maximum absolute atomic E-state index is 12.3. The van der Waals surface area contributed by atoms with Crippen LogP contribution < -0.4 is 16.1 Å². The number of fused-ring (bicyclic) bond motifs is 3. The fourth-order valence-electron chi connectivity index (χ4n) is 2.67. The highest BCUT2D eigenvalue weighted by molar-refractivity contribution is 5.66. The van der Waals surface area contributed by atoms with E-state index in [1.807, 2.05) is 0 Å². The number of esters is 2. The lowest BCUT2D eigenvalue weighted by atomic mass is 10.1. The Hall–Kier alpha value is -2.69. The van der Waals surface area contributed by atoms with E-state index < -0.39 is 47.9 Å². The Morgan fingerprint density at radius 1 is 1.25 bits per heavy atom. The van der Waals surface area contributed by atoms with Gasteiger partial charge in [0.2, 0.25) is 0 Å². The number of rotatable bonds is 3. The van der Waals surface area contributed by atoms with E-state index in [2.05, 4.69) is 4.98 Å². The summed E-state index contributed by atoms with van der Waals surface area (Å²) < 4.78 is 23.1. The first-order valence-corrected chi connectivity index (χ1v) is 7.12. The smallest absolute Gasteiger partial charge is 0.356 e. The monoisotopic (exact) mass is 341 g/mol. The Balaban J connectivity index is 1.95. The highest BCUT2D eigenvalue weighted by Crippen LogP contribution is 2.39. The summed E-state index contributed by atoms with van der Waals surface area (Å²) in [7, 11) is 1.27. The molecule has 11 nitrogen and oxygen atoms in total. The molecule has 0 unspecified atom stereocenters. The largest absolute Gasteiger partial charge is 0.463 e. The molecule has 130 valence electrons. The first-order valence-electron chi connectivity index (χ1n) is 7.12. The van der Waals surface area contributed by atoms with Crippen LogP contribution in [0.3, 0.4) is 0 Å². The van der Waals surface area contributed by atoms with Crippen molar-refractivity contribution in [2.45, 2.75) is 38.4 Å². The van der Waals surface area contributed by atoms with E-state index in [0.717, 1.165) is 9.13 Å². The molecule has 0 saturated carbocycles. The number of hydrogen-bond acceptors (Lipinski definition) is 9. The van der Waals surface area contributed by atoms with Crippen LogP contribution in [0.1, 0.15) is 20.1 Å². The SMILES string of the molecule is CC(=O)OC[C@H]1O[C@@H]2[C@@H](Oc3nc(=O)n(C)c(=O)n32)[C@@H]1OC(C)=O. The van der Waals surface area contributed by atoms with E-state index in [9.17, 15) is 19.2 Å². The van der Waals surface area contributed by atoms with Crippen LogP contribution in [0, 0.1) is 0 Å². The van der Waals surface area contributed by atoms with Crippen molar-refractivity contribution in [3.63, 3.8) is 0 Å². The number of nitrogens with zero attached hydrogens (tertiary/aromatic N) is 3. The molecule has 1 fully saturated rings. The number of hydrogen-bond donors (Lipinski definition) is 0. The molecule has 0 radical (unpaired) electrons. The normalized spacial score (nSPS) is 27.1. The van der Waals surface area contributed by atoms with Crippen LogP contribution in [0.2, 0.25) is 0 Å². The van der Waals surface area contributed by atoms with Gasteiger partial charge in [-0.25, -0.2) is 18.7 Å². The molecule has 1 aromatic heterocycles. The number of ether oxygens (including phenoxy) is 4. The Bertz CT molecular complexity index is 812. The average molecular weight is 341 g/mol. The minimum Gasteiger partial charge on any atom is -0.463 e. The number of carbonyl (C=O) groups excluding carboxylic acids is 2. The summed E-state index contributed by atoms with van der Waals surface area (Å²) in [4.78, 5) is 49.8. The summed E-state index contributed by atoms with van der Waals surface area (Å²) in [5, 5.41) is 0. The van der Waals surface area contributed by atoms with Crippen molar-refractivity contribution in [1.82, 2.24) is 14.1 Å². The lowest BCUT2D eigenvalue weighted by Gasteiger charge is -2.20. The molecule has 1 aromatic rings. The van der Waals surface area contributed by atoms with Gasteiger partial charge < -0.3 is 18.9 Å². The van der Waals surface area contributed by atoms with Crippen LogP contribution in [0.15, 0.2) is 9.59 Å². The summed E-state index contributed by atoms with van der Waals surface area (Å²) in [6.45, 7) is 2.26. The fraction of sp³-hybridized carbons (Fsp3) is 0.615. The molecule has 0 N–H and O–H groups in total. The van der Waals surface area contributed by atoms with Gasteiger partial charge in [0, 0.05) is 20.9 Å². The van der Waals surface area contributed by atoms with Crippen molar-refractivity contribution in [2.24, 2.45) is 7.05 Å². The second-order valence-corrected chi connectivity index (χ2v) is 5.41. The maximum Gasteiger partial charge on any atom is 0.356 e. The minimum absolute atomic E-state index is 0.174. The number of carbonyl (C=O) groups is 2. The van der Waals surface area contributed by atoms with Gasteiger partial charge in [-0.05, 0) is 0 Å². The van der Waals surface area contributed by atoms with E-state index in [-0.39, 0.29) is 12.6 Å². The molecule has 0 aromatic carbocycles. The molecular weight excluding hydrogens is 326 g/mol. The first-order chi connectivity index (χ1) is 11.3. The third-order valence-corrected chi connectivity index (χ3v) is 3.71. The average Bonchev–Trinajstić information content (AvgIpc) is 2.99. The summed E-state index contributed by atoms with van der Waals surface area (Å²) in [5.74, 6) is -1.12. The zero-order valence-electron chi connectivity index (χ0n) is 13.1. The molecule has 3 rings (SSSR count). The maximum atomic E-state index is 12.3. The quantitative estimate of drug-likeness (QED) is 0.579. The van der Waals surface area contributed by atoms with E-state index in [4.69, 9.17) is 18.9 Å². The van der Waals surface area contributed by atoms with Gasteiger partial charge in [-0.3, -0.25) is 9.59 Å². The van der Waals surface area contributed by atoms with Crippen molar-refractivity contribution in [2.75, 3.05) is 6.61 Å². The Morgan fingerprint density at radius 2 is 1.96 bits per heavy atom. The molecule has 0 amide bonds. The molecule has 2 aliphatic heterocycles. The van der Waals surface area contributed by atoms with E-state index in [0.29, 0.717) is 0 Å². The van der Waals surface area contributed by atoms with Crippen LogP contribution in [0.5, 0.6) is 6.01 Å². The van der Waals surface area contributed by atoms with Gasteiger partial charge in [0.05, 0.1) is 0 Å². The summed E-state index contributed by atoms with van der Waals surface area (Å²) in [6.07, 6.45) is -3.56. The molecular formula is C13H15N3O8. The molecule has 11 heteroatoms. The van der Waals surface area contributed by atoms with Crippen LogP contribution in [0.25, 0.3) is 0 Å². The standard InChI is InChI=1S/C13H15N3O8/c1-5(17)21-4-7-8(22-6(2)18)9-10(23-7)16-12(24-9)14-11(19)15(3)13(16)20/h7-10H,4H2,1-3H3/t7-,8-,9+,10-/m1/s1. The third-order valence-electron chi connectivity index (χ3n) is 3.71. The molecule has 24 heavy (non-hydrogen) atoms. The van der Waals surface area contributed by atoms with E-state index in [1.54, 1.807) is 0 Å². The Morgan fingerprint density at radius 3 is 2.58 bits per heavy atom. The van der Waals surface area contributed by atoms with Gasteiger partial charge in [-0.1, -0.05) is 0 Å². The van der Waals surface area contributed by atoms with Gasteiger partial charge in [0.15, 0.2) is 18.4 Å². The van der Waals surface area contributed by atoms with Crippen molar-refractivity contribution < 1.29 is 28.5 Å². The highest BCUT2D eigenvalue weighted by Gasteiger charge is 2.55. The number of aromatic nitrogens is 3. The molecule has 2 aliphatic rings. The van der Waals surface area contributed by atoms with Gasteiger partial charge in [-0.2, -0.15) is 0 Å². The molecule has 3 heterocycles. The summed E-state index contributed by atoms with van der Waals surface area (Å²) >= 11 is 0. The van der Waals surface area contributed by atoms with Crippen LogP contribution in [-0.4, -0.2) is 51.0 Å². The van der Waals surface area contributed by atoms with Gasteiger partial charge in [0.1, 0.15) is 12.7 Å². The van der Waals surface area contributed by atoms with Crippen molar-refractivity contribution in [3.8, 4) is 6.01 Å². The molecule has 4 atom stereocenters. The zero-order chi connectivity index (χ0) is 17.6. The van der Waals surface area contributed by atoms with Crippen LogP contribution in [-0.2, 0) is 30.8 Å². The Kier molecular flexibility index (Phi) is 3.87. The fourth-order valence-corrected chi connectivity index (χ4v) is 2.67. The van der Waals surface area contributed by atoms with Crippen LogP contribution in [0.4, 0.5) is 0 Å². The molecule has 0 aliphatic carbocycles. The van der Waals surface area contributed by atoms with Gasteiger partial charge in [0.25, 0.3) is 0 Å². The van der Waals surface area contributed by atoms with Crippen molar-refractivity contribution in [1.29, 1.82) is 0 Å². The third kappa shape index (κ3) is 2.56. The van der Waals surface area contributed by atoms with E-state index in [1.165, 1.54) is 20.9 Å². The predicted octanol–water partition coefficient (Wildman–Crippen LogP) is -1.90. The predicted molar refractivity (Wildman–Crippen MR) is 74.3 cm³/mol.